The molecule has 0 radical (unpaired) electrons. The molecule has 0 atom stereocenters. The number of hydrogen-bond acceptors (Lipinski definition) is 1. The monoisotopic (exact) mass is 201 g/mol. The van der Waals surface area contributed by atoms with Gasteiger partial charge in [0.05, 0.1) is 0 Å². The second-order valence-corrected chi connectivity index (χ2v) is 3.34. The average Bonchev–Trinajstić information content (AvgIpc) is 2.01. The molecule has 0 aromatic carbocycles. The number of halogens is 2. The molecule has 0 aliphatic carbocycles. The minimum absolute atomic E-state index is 0.0751. The van der Waals surface area contributed by atoms with E-state index in [1.807, 2.05) is 6.92 Å². The van der Waals surface area contributed by atoms with E-state index in [2.05, 4.69) is 6.58 Å². The molecular weight excluding hydrogens is 184 g/mol. The predicted octanol–water partition coefficient (Wildman–Crippen LogP) is 3.40. The van der Waals surface area contributed by atoms with Crippen LogP contribution in [-0.4, -0.2) is 5.92 Å². The van der Waals surface area contributed by atoms with Crippen LogP contribution < -0.4 is 5.73 Å². The summed E-state index contributed by atoms with van der Waals surface area (Å²) in [5, 5.41) is 0. The zero-order chi connectivity index (χ0) is 11.4. The largest absolute Gasteiger partial charge is 0.402 e. The topological polar surface area (TPSA) is 26.0 Å². The normalized spacial score (nSPS) is 14.4. The molecule has 0 unspecified atom stereocenters. The Bertz CT molecular complexity index is 270. The van der Waals surface area contributed by atoms with Gasteiger partial charge in [0, 0.05) is 18.2 Å². The molecule has 0 saturated carbocycles. The first kappa shape index (κ1) is 12.9. The molecule has 0 aliphatic rings. The number of allylic oxidation sites excluding steroid dienone is 5. The van der Waals surface area contributed by atoms with Gasteiger partial charge in [0.15, 0.2) is 0 Å². The highest BCUT2D eigenvalue weighted by Gasteiger charge is 2.27. The maximum absolute atomic E-state index is 13.0. The van der Waals surface area contributed by atoms with Crippen molar-refractivity contribution in [2.24, 2.45) is 5.73 Å². The average molecular weight is 201 g/mol. The van der Waals surface area contributed by atoms with Crippen LogP contribution in [0.2, 0.25) is 0 Å². The van der Waals surface area contributed by atoms with Gasteiger partial charge < -0.3 is 5.73 Å². The van der Waals surface area contributed by atoms with Crippen LogP contribution in [0.25, 0.3) is 0 Å². The fraction of sp³-hybridized carbons (Fsp3) is 0.455. The van der Waals surface area contributed by atoms with Crippen LogP contribution in [0.5, 0.6) is 0 Å². The van der Waals surface area contributed by atoms with Crippen molar-refractivity contribution < 1.29 is 8.78 Å². The summed E-state index contributed by atoms with van der Waals surface area (Å²) < 4.78 is 26.0. The lowest BCUT2D eigenvalue weighted by Crippen LogP contribution is -2.14. The van der Waals surface area contributed by atoms with E-state index in [1.165, 1.54) is 12.2 Å². The van der Waals surface area contributed by atoms with E-state index in [1.54, 1.807) is 6.92 Å². The number of alkyl halides is 2. The van der Waals surface area contributed by atoms with Gasteiger partial charge in [-0.05, 0) is 25.0 Å². The van der Waals surface area contributed by atoms with Gasteiger partial charge in [-0.15, -0.1) is 0 Å². The standard InChI is InChI=1S/C11H17F2N/c1-5-9(14)6-7-10(8(2)3)11(4,12)13/h6-7H,2,5,14H2,1,3-4H3/b9-6+,10-7+. The van der Waals surface area contributed by atoms with Gasteiger partial charge in [-0.1, -0.05) is 19.6 Å². The van der Waals surface area contributed by atoms with Crippen molar-refractivity contribution in [3.63, 3.8) is 0 Å². The summed E-state index contributed by atoms with van der Waals surface area (Å²) >= 11 is 0. The zero-order valence-electron chi connectivity index (χ0n) is 8.90. The van der Waals surface area contributed by atoms with Gasteiger partial charge in [0.2, 0.25) is 0 Å². The van der Waals surface area contributed by atoms with Gasteiger partial charge in [0.1, 0.15) is 0 Å². The summed E-state index contributed by atoms with van der Waals surface area (Å²) in [5.41, 5.74) is 6.37. The summed E-state index contributed by atoms with van der Waals surface area (Å²) in [4.78, 5) is 0. The Hall–Kier alpha value is -1.12. The lowest BCUT2D eigenvalue weighted by Gasteiger charge is -2.14. The van der Waals surface area contributed by atoms with E-state index in [0.29, 0.717) is 17.7 Å². The molecule has 0 spiro atoms. The van der Waals surface area contributed by atoms with Gasteiger partial charge in [-0.25, -0.2) is 8.78 Å². The summed E-state index contributed by atoms with van der Waals surface area (Å²) in [5.74, 6) is -2.86. The molecule has 0 bridgehead atoms. The maximum Gasteiger partial charge on any atom is 0.270 e. The Kier molecular flexibility index (Phi) is 4.54. The summed E-state index contributed by atoms with van der Waals surface area (Å²) in [6.45, 7) is 7.78. The molecule has 0 amide bonds. The fourth-order valence-electron chi connectivity index (χ4n) is 0.972. The molecule has 3 heteroatoms. The number of rotatable bonds is 4. The van der Waals surface area contributed by atoms with Crippen molar-refractivity contribution in [1.29, 1.82) is 0 Å². The third kappa shape index (κ3) is 4.21. The maximum atomic E-state index is 13.0. The third-order valence-electron chi connectivity index (χ3n) is 1.81. The summed E-state index contributed by atoms with van der Waals surface area (Å²) in [6, 6.07) is 0. The van der Waals surface area contributed by atoms with Crippen LogP contribution in [-0.2, 0) is 0 Å². The SMILES string of the molecule is C=C(C)/C(=C\C=C(\N)CC)C(C)(F)F. The van der Waals surface area contributed by atoms with Crippen molar-refractivity contribution in [3.8, 4) is 0 Å². The van der Waals surface area contributed by atoms with Gasteiger partial charge >= 0.3 is 0 Å². The lowest BCUT2D eigenvalue weighted by molar-refractivity contribution is 0.0660. The van der Waals surface area contributed by atoms with Crippen molar-refractivity contribution in [2.45, 2.75) is 33.1 Å². The van der Waals surface area contributed by atoms with E-state index >= 15 is 0 Å². The Morgan fingerprint density at radius 1 is 1.43 bits per heavy atom. The molecule has 1 nitrogen and oxygen atoms in total. The second kappa shape index (κ2) is 4.94. The smallest absolute Gasteiger partial charge is 0.270 e. The molecule has 0 rings (SSSR count). The van der Waals surface area contributed by atoms with Gasteiger partial charge in [-0.3, -0.25) is 0 Å². The highest BCUT2D eigenvalue weighted by atomic mass is 19.3. The Morgan fingerprint density at radius 3 is 2.21 bits per heavy atom. The number of nitrogens with two attached hydrogens (primary N) is 1. The van der Waals surface area contributed by atoms with E-state index in [9.17, 15) is 8.78 Å². The molecule has 0 aromatic heterocycles. The molecule has 14 heavy (non-hydrogen) atoms. The first-order valence-corrected chi connectivity index (χ1v) is 4.49. The Morgan fingerprint density at radius 2 is 1.93 bits per heavy atom. The molecule has 80 valence electrons. The van der Waals surface area contributed by atoms with E-state index in [-0.39, 0.29) is 5.57 Å². The van der Waals surface area contributed by atoms with Crippen molar-refractivity contribution in [1.82, 2.24) is 0 Å². The first-order chi connectivity index (χ1) is 6.29. The van der Waals surface area contributed by atoms with Crippen LogP contribution in [0.4, 0.5) is 8.78 Å². The van der Waals surface area contributed by atoms with Crippen molar-refractivity contribution >= 4 is 0 Å². The zero-order valence-corrected chi connectivity index (χ0v) is 8.90. The van der Waals surface area contributed by atoms with Crippen molar-refractivity contribution in [2.75, 3.05) is 0 Å². The fourth-order valence-corrected chi connectivity index (χ4v) is 0.972. The molecule has 0 heterocycles. The lowest BCUT2D eigenvalue weighted by atomic mass is 10.0. The van der Waals surface area contributed by atoms with Crippen LogP contribution in [0.1, 0.15) is 27.2 Å². The molecule has 0 aromatic rings. The first-order valence-electron chi connectivity index (χ1n) is 4.49. The highest BCUT2D eigenvalue weighted by Crippen LogP contribution is 2.28. The minimum atomic E-state index is -2.86. The predicted molar refractivity (Wildman–Crippen MR) is 56.1 cm³/mol. The summed E-state index contributed by atoms with van der Waals surface area (Å²) in [7, 11) is 0. The highest BCUT2D eigenvalue weighted by molar-refractivity contribution is 5.35. The molecule has 2 N–H and O–H groups in total. The summed E-state index contributed by atoms with van der Waals surface area (Å²) in [6.07, 6.45) is 3.48. The number of hydrogen-bond donors (Lipinski definition) is 1. The van der Waals surface area contributed by atoms with Gasteiger partial charge in [-0.2, -0.15) is 0 Å². The Balaban J connectivity index is 4.95. The van der Waals surface area contributed by atoms with Crippen LogP contribution in [0.15, 0.2) is 35.6 Å². The Labute approximate surface area is 84.0 Å². The van der Waals surface area contributed by atoms with Gasteiger partial charge in [0.25, 0.3) is 5.92 Å². The van der Waals surface area contributed by atoms with E-state index in [4.69, 9.17) is 5.73 Å². The van der Waals surface area contributed by atoms with Crippen LogP contribution >= 0.6 is 0 Å². The quantitative estimate of drug-likeness (QED) is 0.693. The molecular formula is C11H17F2N. The van der Waals surface area contributed by atoms with Crippen LogP contribution in [0.3, 0.4) is 0 Å². The minimum Gasteiger partial charge on any atom is -0.402 e. The molecule has 0 aliphatic heterocycles. The van der Waals surface area contributed by atoms with E-state index in [0.717, 1.165) is 6.92 Å². The van der Waals surface area contributed by atoms with Crippen LogP contribution in [0, 0.1) is 0 Å². The third-order valence-corrected chi connectivity index (χ3v) is 1.81. The van der Waals surface area contributed by atoms with E-state index < -0.39 is 5.92 Å². The molecule has 0 saturated heterocycles. The van der Waals surface area contributed by atoms with Crippen molar-refractivity contribution in [3.05, 3.63) is 35.6 Å². The second-order valence-electron chi connectivity index (χ2n) is 3.34. The molecule has 0 fully saturated rings.